The zero-order valence-corrected chi connectivity index (χ0v) is 21.8. The van der Waals surface area contributed by atoms with E-state index in [1.54, 1.807) is 17.0 Å². The monoisotopic (exact) mass is 586 g/mol. The highest BCUT2D eigenvalue weighted by Gasteiger charge is 2.38. The van der Waals surface area contributed by atoms with Gasteiger partial charge in [-0.15, -0.1) is 5.10 Å². The SMILES string of the molecule is O=C(c1nnn(Cc2cc(C(F)(F)F)cc(C(F)(F)F)c2)c1N1CCNCC1)N1CCCC1c1ccccc1Cl. The van der Waals surface area contributed by atoms with Gasteiger partial charge in [0.25, 0.3) is 5.91 Å². The molecule has 0 spiro atoms. The van der Waals surface area contributed by atoms with E-state index in [-0.39, 0.29) is 29.2 Å². The maximum atomic E-state index is 13.9. The maximum Gasteiger partial charge on any atom is 0.416 e. The number of alkyl halides is 6. The van der Waals surface area contributed by atoms with Gasteiger partial charge in [0, 0.05) is 37.7 Å². The van der Waals surface area contributed by atoms with Gasteiger partial charge in [0.05, 0.1) is 23.7 Å². The van der Waals surface area contributed by atoms with Crippen molar-refractivity contribution in [3.8, 4) is 0 Å². The summed E-state index contributed by atoms with van der Waals surface area (Å²) in [5.41, 5.74) is -2.33. The summed E-state index contributed by atoms with van der Waals surface area (Å²) in [6.07, 6.45) is -8.56. The van der Waals surface area contributed by atoms with Crippen LogP contribution >= 0.6 is 11.6 Å². The van der Waals surface area contributed by atoms with E-state index in [9.17, 15) is 31.1 Å². The van der Waals surface area contributed by atoms with Crippen LogP contribution in [0.2, 0.25) is 5.02 Å². The second-order valence-corrected chi connectivity index (χ2v) is 10.2. The fourth-order valence-electron chi connectivity index (χ4n) is 5.24. The lowest BCUT2D eigenvalue weighted by atomic mass is 10.0. The predicted octanol–water partition coefficient (Wildman–Crippen LogP) is 5.40. The molecule has 2 fully saturated rings. The Kier molecular flexibility index (Phi) is 7.71. The standard InChI is InChI=1S/C26H25ClF6N6O/c27-20-5-2-1-4-19(20)21-6-3-9-38(21)24(40)22-23(37-10-7-34-8-11-37)39(36-35-22)15-16-12-17(25(28,29)30)14-18(13-16)26(31,32)33/h1-2,4-5,12-14,21,34H,3,6-11,15H2. The van der Waals surface area contributed by atoms with Gasteiger partial charge in [0.1, 0.15) is 0 Å². The van der Waals surface area contributed by atoms with Crippen LogP contribution in [0.15, 0.2) is 42.5 Å². The second kappa shape index (κ2) is 10.9. The predicted molar refractivity (Wildman–Crippen MR) is 135 cm³/mol. The molecule has 2 saturated heterocycles. The van der Waals surface area contributed by atoms with E-state index in [1.807, 2.05) is 17.0 Å². The van der Waals surface area contributed by atoms with E-state index in [2.05, 4.69) is 15.6 Å². The first kappa shape index (κ1) is 28.2. The molecule has 1 unspecified atom stereocenters. The lowest BCUT2D eigenvalue weighted by Gasteiger charge is -2.31. The van der Waals surface area contributed by atoms with Crippen molar-refractivity contribution < 1.29 is 31.1 Å². The van der Waals surface area contributed by atoms with Crippen LogP contribution in [0.5, 0.6) is 0 Å². The van der Waals surface area contributed by atoms with Gasteiger partial charge in [0.15, 0.2) is 11.5 Å². The third-order valence-electron chi connectivity index (χ3n) is 7.09. The van der Waals surface area contributed by atoms with Crippen LogP contribution in [0.1, 0.15) is 51.6 Å². The van der Waals surface area contributed by atoms with Crippen LogP contribution < -0.4 is 10.2 Å². The third-order valence-corrected chi connectivity index (χ3v) is 7.43. The molecule has 40 heavy (non-hydrogen) atoms. The minimum Gasteiger partial charge on any atom is -0.352 e. The number of hydrogen-bond donors (Lipinski definition) is 1. The zero-order valence-electron chi connectivity index (χ0n) is 21.1. The molecule has 2 aliphatic heterocycles. The molecule has 1 N–H and O–H groups in total. The van der Waals surface area contributed by atoms with Gasteiger partial charge < -0.3 is 15.1 Å². The average molecular weight is 587 g/mol. The molecule has 0 saturated carbocycles. The maximum absolute atomic E-state index is 13.9. The summed E-state index contributed by atoms with van der Waals surface area (Å²) >= 11 is 6.41. The topological polar surface area (TPSA) is 66.3 Å². The summed E-state index contributed by atoms with van der Waals surface area (Å²) in [7, 11) is 0. The van der Waals surface area contributed by atoms with Crippen molar-refractivity contribution in [2.24, 2.45) is 0 Å². The molecule has 0 radical (unpaired) electrons. The number of hydrogen-bond acceptors (Lipinski definition) is 5. The van der Waals surface area contributed by atoms with E-state index >= 15 is 0 Å². The van der Waals surface area contributed by atoms with Crippen molar-refractivity contribution in [3.05, 3.63) is 75.4 Å². The normalized spacial score (nSPS) is 18.4. The number of amides is 1. The minimum absolute atomic E-state index is 0.0103. The Hall–Kier alpha value is -3.32. The number of piperazine rings is 1. The molecule has 0 bridgehead atoms. The van der Waals surface area contributed by atoms with Gasteiger partial charge in [0.2, 0.25) is 0 Å². The fourth-order valence-corrected chi connectivity index (χ4v) is 5.50. The van der Waals surface area contributed by atoms with Gasteiger partial charge in [-0.2, -0.15) is 26.3 Å². The molecule has 1 amide bonds. The summed E-state index contributed by atoms with van der Waals surface area (Å²) in [5, 5.41) is 11.9. The Bertz CT molecular complexity index is 1350. The Morgan fingerprint density at radius 2 is 1.62 bits per heavy atom. The Morgan fingerprint density at radius 1 is 0.975 bits per heavy atom. The van der Waals surface area contributed by atoms with E-state index in [0.717, 1.165) is 12.0 Å². The van der Waals surface area contributed by atoms with Gasteiger partial charge in [-0.05, 0) is 48.2 Å². The summed E-state index contributed by atoms with van der Waals surface area (Å²) in [6.45, 7) is 2.00. The smallest absolute Gasteiger partial charge is 0.352 e. The third kappa shape index (κ3) is 5.75. The molecule has 1 aromatic heterocycles. The molecule has 214 valence electrons. The molecular formula is C26H25ClF6N6O. The average Bonchev–Trinajstić information content (AvgIpc) is 3.56. The second-order valence-electron chi connectivity index (χ2n) is 9.75. The number of anilines is 1. The van der Waals surface area contributed by atoms with E-state index in [0.29, 0.717) is 56.3 Å². The minimum atomic E-state index is -4.98. The number of benzene rings is 2. The molecule has 0 aliphatic carbocycles. The number of nitrogens with zero attached hydrogens (tertiary/aromatic N) is 5. The van der Waals surface area contributed by atoms with Crippen LogP contribution in [0, 0.1) is 0 Å². The van der Waals surface area contributed by atoms with Crippen LogP contribution in [0.4, 0.5) is 32.2 Å². The Balaban J connectivity index is 1.54. The van der Waals surface area contributed by atoms with E-state index in [4.69, 9.17) is 11.6 Å². The van der Waals surface area contributed by atoms with Crippen LogP contribution in [-0.2, 0) is 18.9 Å². The number of halogens is 7. The van der Waals surface area contributed by atoms with Crippen molar-refractivity contribution in [1.82, 2.24) is 25.2 Å². The van der Waals surface area contributed by atoms with Gasteiger partial charge in [-0.25, -0.2) is 4.68 Å². The van der Waals surface area contributed by atoms with Crippen molar-refractivity contribution in [2.45, 2.75) is 37.8 Å². The molecule has 3 heterocycles. The first-order valence-corrected chi connectivity index (χ1v) is 13.0. The summed E-state index contributed by atoms with van der Waals surface area (Å²) in [5.74, 6) is -0.176. The number of likely N-dealkylation sites (tertiary alicyclic amines) is 1. The largest absolute Gasteiger partial charge is 0.416 e. The van der Waals surface area contributed by atoms with Crippen LogP contribution in [-0.4, -0.2) is 58.5 Å². The number of rotatable bonds is 5. The molecule has 3 aromatic rings. The molecule has 2 aliphatic rings. The summed E-state index contributed by atoms with van der Waals surface area (Å²) in [4.78, 5) is 17.3. The Morgan fingerprint density at radius 3 is 2.25 bits per heavy atom. The number of carbonyl (C=O) groups excluding carboxylic acids is 1. The first-order chi connectivity index (χ1) is 18.9. The summed E-state index contributed by atoms with van der Waals surface area (Å²) < 4.78 is 81.9. The molecule has 2 aromatic carbocycles. The zero-order chi connectivity index (χ0) is 28.7. The van der Waals surface area contributed by atoms with Gasteiger partial charge >= 0.3 is 12.4 Å². The molecular weight excluding hydrogens is 562 g/mol. The fraction of sp³-hybridized carbons (Fsp3) is 0.423. The first-order valence-electron chi connectivity index (χ1n) is 12.7. The molecule has 14 heteroatoms. The van der Waals surface area contributed by atoms with E-state index < -0.39 is 35.9 Å². The van der Waals surface area contributed by atoms with Gasteiger partial charge in [-0.1, -0.05) is 35.0 Å². The highest BCUT2D eigenvalue weighted by atomic mass is 35.5. The van der Waals surface area contributed by atoms with Crippen molar-refractivity contribution >= 4 is 23.3 Å². The van der Waals surface area contributed by atoms with Crippen LogP contribution in [0.25, 0.3) is 0 Å². The highest BCUT2D eigenvalue weighted by Crippen LogP contribution is 2.39. The van der Waals surface area contributed by atoms with Crippen molar-refractivity contribution in [3.63, 3.8) is 0 Å². The van der Waals surface area contributed by atoms with Crippen molar-refractivity contribution in [2.75, 3.05) is 37.6 Å². The number of carbonyl (C=O) groups is 1. The lowest BCUT2D eigenvalue weighted by molar-refractivity contribution is -0.143. The Labute approximate surface area is 230 Å². The van der Waals surface area contributed by atoms with Gasteiger partial charge in [-0.3, -0.25) is 4.79 Å². The summed E-state index contributed by atoms with van der Waals surface area (Å²) in [6, 6.07) is 8.30. The highest BCUT2D eigenvalue weighted by molar-refractivity contribution is 6.31. The lowest BCUT2D eigenvalue weighted by Crippen LogP contribution is -2.45. The molecule has 5 rings (SSSR count). The quantitative estimate of drug-likeness (QED) is 0.406. The number of aromatic nitrogens is 3. The van der Waals surface area contributed by atoms with Crippen molar-refractivity contribution in [1.29, 1.82) is 0 Å². The molecule has 1 atom stereocenters. The van der Waals surface area contributed by atoms with E-state index in [1.165, 1.54) is 4.68 Å². The number of nitrogens with one attached hydrogen (secondary N) is 1. The van der Waals surface area contributed by atoms with Crippen LogP contribution in [0.3, 0.4) is 0 Å². The molecule has 7 nitrogen and oxygen atoms in total.